The molecule has 0 bridgehead atoms. The molecule has 0 aliphatic carbocycles. The monoisotopic (exact) mass is 317 g/mol. The van der Waals surface area contributed by atoms with Crippen LogP contribution in [0, 0.1) is 5.92 Å². The molecule has 3 nitrogen and oxygen atoms in total. The van der Waals surface area contributed by atoms with Gasteiger partial charge < -0.3 is 10.4 Å². The molecule has 112 valence electrons. The van der Waals surface area contributed by atoms with E-state index < -0.39 is 0 Å². The van der Waals surface area contributed by atoms with Crippen LogP contribution in [0.1, 0.15) is 32.3 Å². The SMILES string of the molecule is CC(C)CC(CO)NC(=O)CCc1ccc(Cl)cc1Cl. The number of carbonyl (C=O) groups is 1. The zero-order valence-electron chi connectivity index (χ0n) is 11.8. The number of rotatable bonds is 7. The van der Waals surface area contributed by atoms with E-state index in [-0.39, 0.29) is 18.6 Å². The number of amides is 1. The van der Waals surface area contributed by atoms with Gasteiger partial charge in [-0.05, 0) is 36.5 Å². The summed E-state index contributed by atoms with van der Waals surface area (Å²) in [4.78, 5) is 11.9. The first-order valence-corrected chi connectivity index (χ1v) is 7.52. The van der Waals surface area contributed by atoms with Gasteiger partial charge in [0.15, 0.2) is 0 Å². The first-order chi connectivity index (χ1) is 9.42. The molecule has 0 saturated carbocycles. The highest BCUT2D eigenvalue weighted by atomic mass is 35.5. The third-order valence-corrected chi connectivity index (χ3v) is 3.56. The van der Waals surface area contributed by atoms with Gasteiger partial charge in [-0.15, -0.1) is 0 Å². The van der Waals surface area contributed by atoms with Crippen LogP contribution in [0.4, 0.5) is 0 Å². The highest BCUT2D eigenvalue weighted by molar-refractivity contribution is 6.35. The largest absolute Gasteiger partial charge is 0.394 e. The van der Waals surface area contributed by atoms with Crippen LogP contribution in [-0.2, 0) is 11.2 Å². The predicted molar refractivity (Wildman–Crippen MR) is 83.3 cm³/mol. The lowest BCUT2D eigenvalue weighted by Crippen LogP contribution is -2.38. The molecule has 0 radical (unpaired) electrons. The summed E-state index contributed by atoms with van der Waals surface area (Å²) < 4.78 is 0. The van der Waals surface area contributed by atoms with E-state index in [1.807, 2.05) is 6.07 Å². The van der Waals surface area contributed by atoms with E-state index >= 15 is 0 Å². The minimum atomic E-state index is -0.178. The van der Waals surface area contributed by atoms with E-state index in [1.165, 1.54) is 0 Å². The van der Waals surface area contributed by atoms with Crippen molar-refractivity contribution in [1.82, 2.24) is 5.32 Å². The van der Waals surface area contributed by atoms with Crippen molar-refractivity contribution in [3.63, 3.8) is 0 Å². The number of halogens is 2. The van der Waals surface area contributed by atoms with E-state index in [0.29, 0.717) is 28.8 Å². The minimum absolute atomic E-state index is 0.0361. The van der Waals surface area contributed by atoms with Crippen LogP contribution in [0.15, 0.2) is 18.2 Å². The van der Waals surface area contributed by atoms with Crippen molar-refractivity contribution < 1.29 is 9.90 Å². The fourth-order valence-corrected chi connectivity index (χ4v) is 2.52. The molecule has 2 N–H and O–H groups in total. The summed E-state index contributed by atoms with van der Waals surface area (Å²) >= 11 is 11.9. The summed E-state index contributed by atoms with van der Waals surface area (Å²) in [6.45, 7) is 4.08. The van der Waals surface area contributed by atoms with E-state index in [1.54, 1.807) is 12.1 Å². The van der Waals surface area contributed by atoms with Crippen LogP contribution in [0.2, 0.25) is 10.0 Å². The Bertz CT molecular complexity index is 449. The number of hydrogen-bond acceptors (Lipinski definition) is 2. The molecule has 0 spiro atoms. The molecule has 0 saturated heterocycles. The van der Waals surface area contributed by atoms with Crippen LogP contribution in [0.25, 0.3) is 0 Å². The average molecular weight is 318 g/mol. The van der Waals surface area contributed by atoms with Gasteiger partial charge in [-0.3, -0.25) is 4.79 Å². The zero-order valence-corrected chi connectivity index (χ0v) is 13.3. The third kappa shape index (κ3) is 6.12. The van der Waals surface area contributed by atoms with Gasteiger partial charge in [0.05, 0.1) is 12.6 Å². The molecule has 1 amide bonds. The van der Waals surface area contributed by atoms with Crippen molar-refractivity contribution in [2.24, 2.45) is 5.92 Å². The highest BCUT2D eigenvalue weighted by Gasteiger charge is 2.13. The smallest absolute Gasteiger partial charge is 0.220 e. The van der Waals surface area contributed by atoms with Gasteiger partial charge >= 0.3 is 0 Å². The lowest BCUT2D eigenvalue weighted by Gasteiger charge is -2.18. The van der Waals surface area contributed by atoms with E-state index in [2.05, 4.69) is 19.2 Å². The summed E-state index contributed by atoms with van der Waals surface area (Å²) in [6, 6.07) is 5.08. The van der Waals surface area contributed by atoms with Crippen LogP contribution in [0.5, 0.6) is 0 Å². The lowest BCUT2D eigenvalue weighted by molar-refractivity contribution is -0.122. The molecule has 0 aliphatic rings. The second-order valence-corrected chi connectivity index (χ2v) is 6.16. The number of nitrogens with one attached hydrogen (secondary N) is 1. The maximum Gasteiger partial charge on any atom is 0.220 e. The Kier molecular flexibility index (Phi) is 7.35. The Morgan fingerprint density at radius 1 is 1.35 bits per heavy atom. The molecule has 0 aromatic heterocycles. The van der Waals surface area contributed by atoms with Crippen LogP contribution in [0.3, 0.4) is 0 Å². The van der Waals surface area contributed by atoms with Crippen LogP contribution < -0.4 is 5.32 Å². The fraction of sp³-hybridized carbons (Fsp3) is 0.533. The quantitative estimate of drug-likeness (QED) is 0.809. The number of hydrogen-bond donors (Lipinski definition) is 2. The topological polar surface area (TPSA) is 49.3 Å². The molecule has 1 atom stereocenters. The fourth-order valence-electron chi connectivity index (χ4n) is 2.02. The summed E-state index contributed by atoms with van der Waals surface area (Å²) in [7, 11) is 0. The highest BCUT2D eigenvalue weighted by Crippen LogP contribution is 2.22. The van der Waals surface area contributed by atoms with Gasteiger partial charge in [-0.25, -0.2) is 0 Å². The van der Waals surface area contributed by atoms with Gasteiger partial charge in [0.25, 0.3) is 0 Å². The van der Waals surface area contributed by atoms with Gasteiger partial charge in [0, 0.05) is 16.5 Å². The number of aliphatic hydroxyl groups excluding tert-OH is 1. The van der Waals surface area contributed by atoms with Gasteiger partial charge in [-0.1, -0.05) is 43.1 Å². The Hall–Kier alpha value is -0.770. The molecule has 1 aromatic carbocycles. The molecule has 0 fully saturated rings. The normalized spacial score (nSPS) is 12.5. The van der Waals surface area contributed by atoms with Crippen molar-refractivity contribution in [1.29, 1.82) is 0 Å². The van der Waals surface area contributed by atoms with E-state index in [9.17, 15) is 9.90 Å². The first kappa shape index (κ1) is 17.3. The Balaban J connectivity index is 2.46. The van der Waals surface area contributed by atoms with Gasteiger partial charge in [0.2, 0.25) is 5.91 Å². The van der Waals surface area contributed by atoms with Crippen molar-refractivity contribution in [2.75, 3.05) is 6.61 Å². The Labute approximate surface area is 130 Å². The average Bonchev–Trinajstić information content (AvgIpc) is 2.36. The Morgan fingerprint density at radius 3 is 2.60 bits per heavy atom. The van der Waals surface area contributed by atoms with Crippen LogP contribution >= 0.6 is 23.2 Å². The molecule has 0 aliphatic heterocycles. The number of aryl methyl sites for hydroxylation is 1. The van der Waals surface area contributed by atoms with Crippen molar-refractivity contribution in [3.8, 4) is 0 Å². The summed E-state index contributed by atoms with van der Waals surface area (Å²) in [6.07, 6.45) is 1.67. The maximum absolute atomic E-state index is 11.9. The number of benzene rings is 1. The summed E-state index contributed by atoms with van der Waals surface area (Å²) in [5, 5.41) is 13.2. The number of aliphatic hydroxyl groups is 1. The lowest BCUT2D eigenvalue weighted by atomic mass is 10.0. The van der Waals surface area contributed by atoms with Crippen molar-refractivity contribution >= 4 is 29.1 Å². The molecular weight excluding hydrogens is 297 g/mol. The number of carbonyl (C=O) groups excluding carboxylic acids is 1. The standard InChI is InChI=1S/C15H21Cl2NO2/c1-10(2)7-13(9-19)18-15(20)6-4-11-3-5-12(16)8-14(11)17/h3,5,8,10,13,19H,4,6-7,9H2,1-2H3,(H,18,20). The van der Waals surface area contributed by atoms with Crippen LogP contribution in [-0.4, -0.2) is 23.7 Å². The summed E-state index contributed by atoms with van der Waals surface area (Å²) in [5.74, 6) is 0.355. The van der Waals surface area contributed by atoms with Crippen molar-refractivity contribution in [2.45, 2.75) is 39.2 Å². The zero-order chi connectivity index (χ0) is 15.1. The van der Waals surface area contributed by atoms with Gasteiger partial charge in [0.1, 0.15) is 0 Å². The molecule has 1 rings (SSSR count). The molecule has 0 heterocycles. The Morgan fingerprint density at radius 2 is 2.05 bits per heavy atom. The second-order valence-electron chi connectivity index (χ2n) is 5.31. The predicted octanol–water partition coefficient (Wildman–Crippen LogP) is 3.45. The van der Waals surface area contributed by atoms with E-state index in [4.69, 9.17) is 23.2 Å². The summed E-state index contributed by atoms with van der Waals surface area (Å²) in [5.41, 5.74) is 0.899. The second kappa shape index (κ2) is 8.50. The maximum atomic E-state index is 11.9. The molecule has 1 aromatic rings. The van der Waals surface area contributed by atoms with Gasteiger partial charge in [-0.2, -0.15) is 0 Å². The first-order valence-electron chi connectivity index (χ1n) is 6.76. The molecule has 5 heteroatoms. The minimum Gasteiger partial charge on any atom is -0.394 e. The van der Waals surface area contributed by atoms with Crippen molar-refractivity contribution in [3.05, 3.63) is 33.8 Å². The molecule has 1 unspecified atom stereocenters. The van der Waals surface area contributed by atoms with E-state index in [0.717, 1.165) is 12.0 Å². The molecule has 20 heavy (non-hydrogen) atoms. The molecular formula is C15H21Cl2NO2. The third-order valence-electron chi connectivity index (χ3n) is 2.98.